The summed E-state index contributed by atoms with van der Waals surface area (Å²) in [4.78, 5) is 17.2. The van der Waals surface area contributed by atoms with E-state index in [0.717, 1.165) is 58.4 Å². The quantitative estimate of drug-likeness (QED) is 0.274. The van der Waals surface area contributed by atoms with Crippen molar-refractivity contribution in [2.75, 3.05) is 18.4 Å². The number of H-pyrrole nitrogens is 1. The Hall–Kier alpha value is -2.83. The second-order valence-corrected chi connectivity index (χ2v) is 9.04. The van der Waals surface area contributed by atoms with Crippen LogP contribution in [-0.2, 0) is 6.42 Å². The number of carbonyl (C=O) groups excluding carboxylic acids is 1. The fourth-order valence-electron chi connectivity index (χ4n) is 3.97. The zero-order chi connectivity index (χ0) is 21.6. The van der Waals surface area contributed by atoms with Crippen molar-refractivity contribution in [3.63, 3.8) is 0 Å². The van der Waals surface area contributed by atoms with Crippen LogP contribution in [0.4, 0.5) is 5.69 Å². The molecule has 1 atom stereocenters. The van der Waals surface area contributed by atoms with Crippen molar-refractivity contribution in [3.8, 4) is 0 Å². The molecular formula is C25H30N4OS. The lowest BCUT2D eigenvalue weighted by atomic mass is 10.0. The van der Waals surface area contributed by atoms with Crippen LogP contribution >= 0.6 is 11.3 Å². The third-order valence-electron chi connectivity index (χ3n) is 5.60. The molecule has 0 aliphatic heterocycles. The zero-order valence-electron chi connectivity index (χ0n) is 17.9. The van der Waals surface area contributed by atoms with Crippen molar-refractivity contribution < 1.29 is 4.79 Å². The molecule has 0 spiro atoms. The number of carbonyl (C=O) groups is 1. The Morgan fingerprint density at radius 2 is 2.06 bits per heavy atom. The Morgan fingerprint density at radius 1 is 1.19 bits per heavy atom. The van der Waals surface area contributed by atoms with Crippen LogP contribution in [0.15, 0.2) is 54.7 Å². The molecule has 5 N–H and O–H groups in total. The summed E-state index contributed by atoms with van der Waals surface area (Å²) in [5.41, 5.74) is 9.01. The molecule has 0 saturated carbocycles. The van der Waals surface area contributed by atoms with Crippen LogP contribution in [0.25, 0.3) is 21.0 Å². The fourth-order valence-corrected chi connectivity index (χ4v) is 4.97. The molecule has 162 valence electrons. The Balaban J connectivity index is 1.50. The minimum absolute atomic E-state index is 0.0126. The van der Waals surface area contributed by atoms with E-state index in [2.05, 4.69) is 59.1 Å². The number of amides is 1. The van der Waals surface area contributed by atoms with Crippen molar-refractivity contribution in [2.45, 2.75) is 38.6 Å². The minimum Gasteiger partial charge on any atom is -0.384 e. The van der Waals surface area contributed by atoms with Gasteiger partial charge in [0.2, 0.25) is 0 Å². The van der Waals surface area contributed by atoms with E-state index in [9.17, 15) is 4.79 Å². The number of nitrogens with two attached hydrogens (primary N) is 1. The van der Waals surface area contributed by atoms with Crippen molar-refractivity contribution in [2.24, 2.45) is 5.73 Å². The monoisotopic (exact) mass is 434 g/mol. The number of thiophene rings is 1. The van der Waals surface area contributed by atoms with Crippen LogP contribution in [-0.4, -0.2) is 30.0 Å². The SMILES string of the molecule is CCCCC(Cc1c[nH]c2ccccc12)NC(=O)c1cc2ccc(NCCN)cc2s1. The number of unbranched alkanes of at least 4 members (excludes halogenated alkanes) is 1. The number of rotatable bonds is 10. The molecule has 5 nitrogen and oxygen atoms in total. The Bertz CT molecular complexity index is 1160. The molecular weight excluding hydrogens is 404 g/mol. The summed E-state index contributed by atoms with van der Waals surface area (Å²) in [5, 5.41) is 8.93. The normalized spacial score (nSPS) is 12.3. The maximum atomic E-state index is 13.1. The van der Waals surface area contributed by atoms with Gasteiger partial charge in [0.25, 0.3) is 5.91 Å². The van der Waals surface area contributed by atoms with Crippen molar-refractivity contribution in [1.82, 2.24) is 10.3 Å². The summed E-state index contributed by atoms with van der Waals surface area (Å²) in [6.07, 6.45) is 6.08. The van der Waals surface area contributed by atoms with Gasteiger partial charge in [0.05, 0.1) is 4.88 Å². The third kappa shape index (κ3) is 5.09. The maximum absolute atomic E-state index is 13.1. The van der Waals surface area contributed by atoms with Crippen LogP contribution in [0.1, 0.15) is 41.4 Å². The largest absolute Gasteiger partial charge is 0.384 e. The Morgan fingerprint density at radius 3 is 2.90 bits per heavy atom. The molecule has 0 aliphatic rings. The highest BCUT2D eigenvalue weighted by Gasteiger charge is 2.18. The summed E-state index contributed by atoms with van der Waals surface area (Å²) < 4.78 is 1.11. The van der Waals surface area contributed by atoms with Gasteiger partial charge in [-0.25, -0.2) is 0 Å². The van der Waals surface area contributed by atoms with Crippen LogP contribution in [0, 0.1) is 0 Å². The molecule has 31 heavy (non-hydrogen) atoms. The summed E-state index contributed by atoms with van der Waals surface area (Å²) in [6.45, 7) is 3.51. The number of anilines is 1. The number of nitrogens with one attached hydrogen (secondary N) is 3. The lowest BCUT2D eigenvalue weighted by molar-refractivity contribution is 0.0938. The van der Waals surface area contributed by atoms with Gasteiger partial charge < -0.3 is 21.4 Å². The number of hydrogen-bond donors (Lipinski definition) is 4. The average molecular weight is 435 g/mol. The van der Waals surface area contributed by atoms with Gasteiger partial charge in [-0.05, 0) is 48.1 Å². The predicted molar refractivity (Wildman–Crippen MR) is 132 cm³/mol. The highest BCUT2D eigenvalue weighted by atomic mass is 32.1. The summed E-state index contributed by atoms with van der Waals surface area (Å²) >= 11 is 1.54. The second kappa shape index (κ2) is 9.98. The number of benzene rings is 2. The van der Waals surface area contributed by atoms with E-state index in [1.54, 1.807) is 0 Å². The molecule has 1 unspecified atom stereocenters. The number of aromatic amines is 1. The van der Waals surface area contributed by atoms with Crippen molar-refractivity contribution >= 4 is 43.9 Å². The average Bonchev–Trinajstić information content (AvgIpc) is 3.40. The molecule has 0 aliphatic carbocycles. The smallest absolute Gasteiger partial charge is 0.261 e. The summed E-state index contributed by atoms with van der Waals surface area (Å²) in [5.74, 6) is 0.0126. The molecule has 6 heteroatoms. The van der Waals surface area contributed by atoms with Gasteiger partial charge in [-0.2, -0.15) is 0 Å². The highest BCUT2D eigenvalue weighted by Crippen LogP contribution is 2.29. The highest BCUT2D eigenvalue weighted by molar-refractivity contribution is 7.20. The first-order valence-electron chi connectivity index (χ1n) is 11.0. The van der Waals surface area contributed by atoms with Crippen molar-refractivity contribution in [1.29, 1.82) is 0 Å². The first-order valence-corrected chi connectivity index (χ1v) is 11.8. The number of aromatic nitrogens is 1. The van der Waals surface area contributed by atoms with Crippen LogP contribution in [0.2, 0.25) is 0 Å². The Labute approximate surface area is 187 Å². The molecule has 2 aromatic heterocycles. The van der Waals surface area contributed by atoms with E-state index in [0.29, 0.717) is 6.54 Å². The van der Waals surface area contributed by atoms with E-state index in [4.69, 9.17) is 5.73 Å². The molecule has 2 heterocycles. The van der Waals surface area contributed by atoms with Gasteiger partial charge in [-0.15, -0.1) is 11.3 Å². The van der Waals surface area contributed by atoms with Crippen molar-refractivity contribution in [3.05, 3.63) is 65.2 Å². The molecule has 2 aromatic carbocycles. The van der Waals surface area contributed by atoms with Gasteiger partial charge in [0, 0.05) is 46.6 Å². The van der Waals surface area contributed by atoms with Crippen LogP contribution in [0.5, 0.6) is 0 Å². The molecule has 0 bridgehead atoms. The Kier molecular flexibility index (Phi) is 6.89. The first-order chi connectivity index (χ1) is 15.2. The third-order valence-corrected chi connectivity index (χ3v) is 6.70. The lowest BCUT2D eigenvalue weighted by Crippen LogP contribution is -2.36. The van der Waals surface area contributed by atoms with E-state index in [1.807, 2.05) is 18.2 Å². The number of para-hydroxylation sites is 1. The molecule has 0 saturated heterocycles. The van der Waals surface area contributed by atoms with Gasteiger partial charge in [-0.1, -0.05) is 44.0 Å². The fraction of sp³-hybridized carbons (Fsp3) is 0.320. The minimum atomic E-state index is 0.0126. The molecule has 4 rings (SSSR count). The van der Waals surface area contributed by atoms with E-state index in [1.165, 1.54) is 22.3 Å². The van der Waals surface area contributed by atoms with E-state index >= 15 is 0 Å². The molecule has 1 amide bonds. The van der Waals surface area contributed by atoms with Crippen LogP contribution in [0.3, 0.4) is 0 Å². The molecule has 4 aromatic rings. The predicted octanol–water partition coefficient (Wildman–Crippen LogP) is 5.28. The standard InChI is InChI=1S/C25H30N4OS/c1-2-3-6-20(13-18-16-28-22-8-5-4-7-21(18)22)29-25(30)24-14-17-9-10-19(27-12-11-26)15-23(17)31-24/h4-5,7-10,14-16,20,27-28H,2-3,6,11-13,26H2,1H3,(H,29,30). The molecule has 0 fully saturated rings. The van der Waals surface area contributed by atoms with Gasteiger partial charge in [-0.3, -0.25) is 4.79 Å². The first kappa shape index (κ1) is 21.4. The van der Waals surface area contributed by atoms with Gasteiger partial charge >= 0.3 is 0 Å². The summed E-state index contributed by atoms with van der Waals surface area (Å²) in [7, 11) is 0. The van der Waals surface area contributed by atoms with Crippen LogP contribution < -0.4 is 16.4 Å². The zero-order valence-corrected chi connectivity index (χ0v) is 18.7. The number of fused-ring (bicyclic) bond motifs is 2. The van der Waals surface area contributed by atoms with E-state index in [-0.39, 0.29) is 11.9 Å². The maximum Gasteiger partial charge on any atom is 0.261 e. The van der Waals surface area contributed by atoms with Gasteiger partial charge in [0.15, 0.2) is 0 Å². The lowest BCUT2D eigenvalue weighted by Gasteiger charge is -2.18. The summed E-state index contributed by atoms with van der Waals surface area (Å²) in [6, 6.07) is 16.6. The van der Waals surface area contributed by atoms with Gasteiger partial charge in [0.1, 0.15) is 0 Å². The topological polar surface area (TPSA) is 82.9 Å². The van der Waals surface area contributed by atoms with E-state index < -0.39 is 0 Å². The molecule has 0 radical (unpaired) electrons. The second-order valence-electron chi connectivity index (χ2n) is 7.95. The number of hydrogen-bond acceptors (Lipinski definition) is 4.